The van der Waals surface area contributed by atoms with Crippen molar-refractivity contribution in [2.75, 3.05) is 0 Å². The average Bonchev–Trinajstić information content (AvgIpc) is 2.53. The Morgan fingerprint density at radius 2 is 2.10 bits per heavy atom. The topological polar surface area (TPSA) is 79.3 Å². The van der Waals surface area contributed by atoms with Crippen molar-refractivity contribution in [2.24, 2.45) is 0 Å². The molecule has 108 valence electrons. The first-order valence-electron chi connectivity index (χ1n) is 6.58. The predicted molar refractivity (Wildman–Crippen MR) is 77.9 cm³/mol. The number of aromatic carboxylic acids is 1. The standard InChI is InChI=1S/C16H16N2O3/c1-11(14-6-3-7-17-10-14)15(19)18-9-12-4-2-5-13(8-12)16(20)21/h2-8,10-11H,9H2,1H3,(H,18,19)(H,20,21). The van der Waals surface area contributed by atoms with Gasteiger partial charge in [-0.3, -0.25) is 9.78 Å². The molecule has 1 atom stereocenters. The molecule has 0 aliphatic heterocycles. The highest BCUT2D eigenvalue weighted by atomic mass is 16.4. The minimum absolute atomic E-state index is 0.122. The van der Waals surface area contributed by atoms with Gasteiger partial charge in [-0.25, -0.2) is 4.79 Å². The molecule has 0 saturated heterocycles. The SMILES string of the molecule is CC(C(=O)NCc1cccc(C(=O)O)c1)c1cccnc1. The molecule has 2 aromatic rings. The number of aromatic nitrogens is 1. The van der Waals surface area contributed by atoms with E-state index in [1.807, 2.05) is 6.07 Å². The lowest BCUT2D eigenvalue weighted by molar-refractivity contribution is -0.122. The Bertz CT molecular complexity index is 641. The molecule has 0 bridgehead atoms. The maximum Gasteiger partial charge on any atom is 0.335 e. The Hall–Kier alpha value is -2.69. The second-order valence-electron chi connectivity index (χ2n) is 4.73. The van der Waals surface area contributed by atoms with Gasteiger partial charge in [0.15, 0.2) is 0 Å². The van der Waals surface area contributed by atoms with Crippen LogP contribution in [0.15, 0.2) is 48.8 Å². The Kier molecular flexibility index (Phi) is 4.66. The minimum atomic E-state index is -0.980. The van der Waals surface area contributed by atoms with Gasteiger partial charge in [0.2, 0.25) is 5.91 Å². The Morgan fingerprint density at radius 1 is 1.29 bits per heavy atom. The highest BCUT2D eigenvalue weighted by molar-refractivity contribution is 5.87. The molecule has 0 fully saturated rings. The number of rotatable bonds is 5. The van der Waals surface area contributed by atoms with Gasteiger partial charge in [0.1, 0.15) is 0 Å². The molecule has 0 radical (unpaired) electrons. The third-order valence-electron chi connectivity index (χ3n) is 3.22. The van der Waals surface area contributed by atoms with Gasteiger partial charge in [-0.05, 0) is 36.2 Å². The van der Waals surface area contributed by atoms with Crippen molar-refractivity contribution in [2.45, 2.75) is 19.4 Å². The highest BCUT2D eigenvalue weighted by Gasteiger charge is 2.14. The summed E-state index contributed by atoms with van der Waals surface area (Å²) >= 11 is 0. The second-order valence-corrected chi connectivity index (χ2v) is 4.73. The van der Waals surface area contributed by atoms with Crippen LogP contribution in [0, 0.1) is 0 Å². The van der Waals surface area contributed by atoms with E-state index in [1.165, 1.54) is 6.07 Å². The number of amides is 1. The molecule has 2 rings (SSSR count). The van der Waals surface area contributed by atoms with E-state index in [9.17, 15) is 9.59 Å². The summed E-state index contributed by atoms with van der Waals surface area (Å²) in [4.78, 5) is 27.0. The predicted octanol–water partition coefficient (Wildman–Crippen LogP) is 2.20. The first kappa shape index (κ1) is 14.7. The van der Waals surface area contributed by atoms with E-state index in [-0.39, 0.29) is 17.4 Å². The van der Waals surface area contributed by atoms with Crippen molar-refractivity contribution in [3.63, 3.8) is 0 Å². The summed E-state index contributed by atoms with van der Waals surface area (Å²) in [5.41, 5.74) is 1.80. The van der Waals surface area contributed by atoms with E-state index < -0.39 is 5.97 Å². The van der Waals surface area contributed by atoms with Crippen molar-refractivity contribution < 1.29 is 14.7 Å². The van der Waals surface area contributed by atoms with Crippen LogP contribution in [0.2, 0.25) is 0 Å². The molecule has 5 nitrogen and oxygen atoms in total. The number of carboxylic acid groups (broad SMARTS) is 1. The van der Waals surface area contributed by atoms with Crippen LogP contribution in [-0.2, 0) is 11.3 Å². The third kappa shape index (κ3) is 3.89. The molecule has 1 unspecified atom stereocenters. The molecule has 1 heterocycles. The smallest absolute Gasteiger partial charge is 0.335 e. The second kappa shape index (κ2) is 6.65. The van der Waals surface area contributed by atoms with Gasteiger partial charge < -0.3 is 10.4 Å². The third-order valence-corrected chi connectivity index (χ3v) is 3.22. The Morgan fingerprint density at radius 3 is 2.76 bits per heavy atom. The fraction of sp³-hybridized carbons (Fsp3) is 0.188. The number of nitrogens with one attached hydrogen (secondary N) is 1. The molecule has 0 aliphatic carbocycles. The molecule has 1 aromatic heterocycles. The summed E-state index contributed by atoms with van der Waals surface area (Å²) in [6.07, 6.45) is 3.32. The summed E-state index contributed by atoms with van der Waals surface area (Å²) in [6.45, 7) is 2.10. The molecular weight excluding hydrogens is 268 g/mol. The lowest BCUT2D eigenvalue weighted by Crippen LogP contribution is -2.27. The first-order chi connectivity index (χ1) is 10.1. The zero-order chi connectivity index (χ0) is 15.2. The van der Waals surface area contributed by atoms with Crippen LogP contribution >= 0.6 is 0 Å². The molecule has 1 amide bonds. The van der Waals surface area contributed by atoms with Crippen molar-refractivity contribution in [3.8, 4) is 0 Å². The normalized spacial score (nSPS) is 11.7. The Balaban J connectivity index is 1.98. The fourth-order valence-electron chi connectivity index (χ4n) is 1.94. The molecule has 2 N–H and O–H groups in total. The largest absolute Gasteiger partial charge is 0.478 e. The number of hydrogen-bond donors (Lipinski definition) is 2. The Labute approximate surface area is 122 Å². The van der Waals surface area contributed by atoms with Crippen LogP contribution in [0.1, 0.15) is 34.3 Å². The zero-order valence-corrected chi connectivity index (χ0v) is 11.6. The van der Waals surface area contributed by atoms with Gasteiger partial charge in [0, 0.05) is 18.9 Å². The summed E-state index contributed by atoms with van der Waals surface area (Å²) in [7, 11) is 0. The van der Waals surface area contributed by atoms with E-state index in [0.29, 0.717) is 6.54 Å². The number of benzene rings is 1. The van der Waals surface area contributed by atoms with E-state index in [2.05, 4.69) is 10.3 Å². The van der Waals surface area contributed by atoms with Crippen LogP contribution < -0.4 is 5.32 Å². The average molecular weight is 284 g/mol. The lowest BCUT2D eigenvalue weighted by Gasteiger charge is -2.12. The highest BCUT2D eigenvalue weighted by Crippen LogP contribution is 2.13. The van der Waals surface area contributed by atoms with Gasteiger partial charge in [0.05, 0.1) is 11.5 Å². The van der Waals surface area contributed by atoms with Gasteiger partial charge in [-0.2, -0.15) is 0 Å². The molecular formula is C16H16N2O3. The molecule has 1 aromatic carbocycles. The molecule has 0 saturated carbocycles. The quantitative estimate of drug-likeness (QED) is 0.882. The van der Waals surface area contributed by atoms with Crippen LogP contribution in [0.25, 0.3) is 0 Å². The van der Waals surface area contributed by atoms with E-state index >= 15 is 0 Å². The minimum Gasteiger partial charge on any atom is -0.478 e. The maximum absolute atomic E-state index is 12.1. The maximum atomic E-state index is 12.1. The van der Waals surface area contributed by atoms with E-state index in [0.717, 1.165) is 11.1 Å². The van der Waals surface area contributed by atoms with Gasteiger partial charge >= 0.3 is 5.97 Å². The molecule has 0 aliphatic rings. The van der Waals surface area contributed by atoms with Crippen molar-refractivity contribution in [1.29, 1.82) is 0 Å². The van der Waals surface area contributed by atoms with Crippen molar-refractivity contribution in [3.05, 3.63) is 65.5 Å². The fourth-order valence-corrected chi connectivity index (χ4v) is 1.94. The monoisotopic (exact) mass is 284 g/mol. The van der Waals surface area contributed by atoms with Gasteiger partial charge in [-0.1, -0.05) is 18.2 Å². The van der Waals surface area contributed by atoms with E-state index in [1.54, 1.807) is 43.6 Å². The van der Waals surface area contributed by atoms with Gasteiger partial charge in [-0.15, -0.1) is 0 Å². The summed E-state index contributed by atoms with van der Waals surface area (Å²) in [5.74, 6) is -1.41. The van der Waals surface area contributed by atoms with Crippen LogP contribution in [0.5, 0.6) is 0 Å². The molecule has 21 heavy (non-hydrogen) atoms. The number of hydrogen-bond acceptors (Lipinski definition) is 3. The number of nitrogens with zero attached hydrogens (tertiary/aromatic N) is 1. The lowest BCUT2D eigenvalue weighted by atomic mass is 10.0. The number of carboxylic acids is 1. The van der Waals surface area contributed by atoms with Crippen molar-refractivity contribution in [1.82, 2.24) is 10.3 Å². The molecule has 0 spiro atoms. The summed E-state index contributed by atoms with van der Waals surface area (Å²) in [6, 6.07) is 10.2. The summed E-state index contributed by atoms with van der Waals surface area (Å²) in [5, 5.41) is 11.7. The molecule has 5 heteroatoms. The van der Waals surface area contributed by atoms with Crippen molar-refractivity contribution >= 4 is 11.9 Å². The van der Waals surface area contributed by atoms with Crippen LogP contribution in [0.3, 0.4) is 0 Å². The van der Waals surface area contributed by atoms with Crippen LogP contribution in [0.4, 0.5) is 0 Å². The number of carbonyl (C=O) groups excluding carboxylic acids is 1. The number of carbonyl (C=O) groups is 2. The van der Waals surface area contributed by atoms with Gasteiger partial charge in [0.25, 0.3) is 0 Å². The zero-order valence-electron chi connectivity index (χ0n) is 11.6. The number of pyridine rings is 1. The summed E-state index contributed by atoms with van der Waals surface area (Å²) < 4.78 is 0. The van der Waals surface area contributed by atoms with Crippen LogP contribution in [-0.4, -0.2) is 22.0 Å². The first-order valence-corrected chi connectivity index (χ1v) is 6.58. The van der Waals surface area contributed by atoms with E-state index in [4.69, 9.17) is 5.11 Å².